The van der Waals surface area contributed by atoms with Crippen LogP contribution in [0, 0.1) is 5.82 Å². The predicted octanol–water partition coefficient (Wildman–Crippen LogP) is 3.31. The molecule has 3 heterocycles. The van der Waals surface area contributed by atoms with Gasteiger partial charge in [-0.3, -0.25) is 14.1 Å². The summed E-state index contributed by atoms with van der Waals surface area (Å²) in [6.45, 7) is 5.11. The second kappa shape index (κ2) is 8.21. The first kappa shape index (κ1) is 19.4. The number of aromatic nitrogens is 2. The summed E-state index contributed by atoms with van der Waals surface area (Å²) < 4.78 is 15.6. The Bertz CT molecular complexity index is 1000. The fraction of sp³-hybridized carbons (Fsp3) is 0.364. The van der Waals surface area contributed by atoms with E-state index in [0.717, 1.165) is 31.5 Å². The maximum Gasteiger partial charge on any atom is 0.290 e. The van der Waals surface area contributed by atoms with E-state index in [4.69, 9.17) is 0 Å². The number of phenolic OH excluding ortho intramolecular Hbond substituents is 1. The Balaban J connectivity index is 1.65. The zero-order valence-corrected chi connectivity index (χ0v) is 16.5. The van der Waals surface area contributed by atoms with E-state index in [2.05, 4.69) is 16.8 Å². The van der Waals surface area contributed by atoms with Gasteiger partial charge in [0.05, 0.1) is 6.20 Å². The number of imidazole rings is 1. The molecule has 1 fully saturated rings. The second-order valence-corrected chi connectivity index (χ2v) is 7.47. The topological polar surface area (TPSA) is 61.1 Å². The number of pyridine rings is 1. The number of carbonyl (C=O) groups is 1. The van der Waals surface area contributed by atoms with Gasteiger partial charge in [-0.25, -0.2) is 9.37 Å². The highest BCUT2D eigenvalue weighted by atomic mass is 19.1. The molecule has 2 aromatic heterocycles. The summed E-state index contributed by atoms with van der Waals surface area (Å²) in [5, 5.41) is 9.55. The first-order chi connectivity index (χ1) is 14.1. The molecule has 0 bridgehead atoms. The minimum Gasteiger partial charge on any atom is -0.508 e. The molecule has 6 nitrogen and oxygen atoms in total. The molecule has 29 heavy (non-hydrogen) atoms. The molecule has 1 aliphatic heterocycles. The molecule has 7 heteroatoms. The van der Waals surface area contributed by atoms with Crippen LogP contribution in [0.4, 0.5) is 4.39 Å². The minimum atomic E-state index is -0.405. The number of hydrogen-bond acceptors (Lipinski definition) is 4. The standard InChI is InChI=1S/C22H25FN4O2/c1-2-25-11-3-5-17(25)15-26(14-16-7-9-18(28)10-8-16)22(29)21-24-13-20-19(23)6-4-12-27(20)21/h4,6-10,12-13,17,28H,2-3,5,11,14-15H2,1H3. The van der Waals surface area contributed by atoms with Gasteiger partial charge in [0.25, 0.3) is 5.91 Å². The molecule has 1 saturated heterocycles. The molecule has 1 unspecified atom stereocenters. The van der Waals surface area contributed by atoms with Gasteiger partial charge in [0, 0.05) is 25.3 Å². The van der Waals surface area contributed by atoms with E-state index in [9.17, 15) is 14.3 Å². The molecule has 1 aromatic carbocycles. The Morgan fingerprint density at radius 1 is 1.31 bits per heavy atom. The third-order valence-corrected chi connectivity index (χ3v) is 5.64. The Morgan fingerprint density at radius 3 is 2.86 bits per heavy atom. The number of rotatable bonds is 6. The Morgan fingerprint density at radius 2 is 2.10 bits per heavy atom. The summed E-state index contributed by atoms with van der Waals surface area (Å²) in [4.78, 5) is 21.8. The molecular formula is C22H25FN4O2. The number of benzene rings is 1. The number of fused-ring (bicyclic) bond motifs is 1. The van der Waals surface area contributed by atoms with Gasteiger partial charge in [-0.05, 0) is 55.8 Å². The number of aromatic hydroxyl groups is 1. The van der Waals surface area contributed by atoms with Crippen LogP contribution in [0.5, 0.6) is 5.75 Å². The van der Waals surface area contributed by atoms with Gasteiger partial charge in [0.2, 0.25) is 5.82 Å². The van der Waals surface area contributed by atoms with Crippen molar-refractivity contribution in [2.75, 3.05) is 19.6 Å². The highest BCUT2D eigenvalue weighted by molar-refractivity contribution is 5.92. The summed E-state index contributed by atoms with van der Waals surface area (Å²) in [5.41, 5.74) is 1.21. The van der Waals surface area contributed by atoms with Gasteiger partial charge in [-0.2, -0.15) is 0 Å². The maximum absolute atomic E-state index is 14.1. The van der Waals surface area contributed by atoms with Gasteiger partial charge in [-0.15, -0.1) is 0 Å². The molecular weight excluding hydrogens is 371 g/mol. The van der Waals surface area contributed by atoms with Crippen LogP contribution in [0.3, 0.4) is 0 Å². The molecule has 0 aliphatic carbocycles. The van der Waals surface area contributed by atoms with E-state index in [-0.39, 0.29) is 23.0 Å². The van der Waals surface area contributed by atoms with Crippen LogP contribution in [0.1, 0.15) is 35.9 Å². The second-order valence-electron chi connectivity index (χ2n) is 7.47. The minimum absolute atomic E-state index is 0.189. The zero-order valence-electron chi connectivity index (χ0n) is 16.5. The third kappa shape index (κ3) is 3.96. The highest BCUT2D eigenvalue weighted by Crippen LogP contribution is 2.21. The maximum atomic E-state index is 14.1. The number of halogens is 1. The van der Waals surface area contributed by atoms with E-state index >= 15 is 0 Å². The number of likely N-dealkylation sites (tertiary alicyclic amines) is 1. The van der Waals surface area contributed by atoms with E-state index in [0.29, 0.717) is 19.1 Å². The van der Waals surface area contributed by atoms with Crippen LogP contribution < -0.4 is 0 Å². The van der Waals surface area contributed by atoms with Gasteiger partial charge < -0.3 is 10.0 Å². The molecule has 0 spiro atoms. The first-order valence-corrected chi connectivity index (χ1v) is 9.99. The average Bonchev–Trinajstić information content (AvgIpc) is 3.36. The van der Waals surface area contributed by atoms with Gasteiger partial charge in [0.15, 0.2) is 0 Å². The monoisotopic (exact) mass is 396 g/mol. The summed E-state index contributed by atoms with van der Waals surface area (Å²) in [6, 6.07) is 10.1. The first-order valence-electron chi connectivity index (χ1n) is 9.99. The van der Waals surface area contributed by atoms with Crippen molar-refractivity contribution in [3.05, 3.63) is 66.0 Å². The van der Waals surface area contributed by atoms with Crippen LogP contribution in [0.15, 0.2) is 48.8 Å². The number of nitrogens with zero attached hydrogens (tertiary/aromatic N) is 4. The lowest BCUT2D eigenvalue weighted by molar-refractivity contribution is 0.0679. The van der Waals surface area contributed by atoms with Crippen molar-refractivity contribution in [1.82, 2.24) is 19.2 Å². The largest absolute Gasteiger partial charge is 0.508 e. The lowest BCUT2D eigenvalue weighted by atomic mass is 10.1. The normalized spacial score (nSPS) is 17.1. The molecule has 152 valence electrons. The molecule has 4 rings (SSSR count). The molecule has 0 saturated carbocycles. The summed E-state index contributed by atoms with van der Waals surface area (Å²) in [5.74, 6) is -0.239. The van der Waals surface area contributed by atoms with Crippen LogP contribution in [-0.2, 0) is 6.54 Å². The van der Waals surface area contributed by atoms with Crippen LogP contribution in [0.2, 0.25) is 0 Å². The van der Waals surface area contributed by atoms with Crippen LogP contribution >= 0.6 is 0 Å². The Labute approximate surface area is 169 Å². The fourth-order valence-corrected chi connectivity index (χ4v) is 4.10. The Kier molecular flexibility index (Phi) is 5.49. The van der Waals surface area contributed by atoms with Crippen LogP contribution in [0.25, 0.3) is 5.52 Å². The molecule has 1 amide bonds. The molecule has 0 radical (unpaired) electrons. The number of amides is 1. The van der Waals surface area contributed by atoms with E-state index in [1.165, 1.54) is 16.7 Å². The quantitative estimate of drug-likeness (QED) is 0.695. The van der Waals surface area contributed by atoms with Crippen molar-refractivity contribution in [1.29, 1.82) is 0 Å². The molecule has 1 N–H and O–H groups in total. The van der Waals surface area contributed by atoms with Crippen LogP contribution in [-0.4, -0.2) is 55.9 Å². The number of likely N-dealkylation sites (N-methyl/N-ethyl adjacent to an activating group) is 1. The van der Waals surface area contributed by atoms with Crippen molar-refractivity contribution < 1.29 is 14.3 Å². The fourth-order valence-electron chi connectivity index (χ4n) is 4.10. The summed E-state index contributed by atoms with van der Waals surface area (Å²) in [6.07, 6.45) is 5.22. The Hall–Kier alpha value is -2.93. The van der Waals surface area contributed by atoms with Gasteiger partial charge in [-0.1, -0.05) is 19.1 Å². The van der Waals surface area contributed by atoms with Crippen molar-refractivity contribution in [3.63, 3.8) is 0 Å². The summed E-state index contributed by atoms with van der Waals surface area (Å²) >= 11 is 0. The van der Waals surface area contributed by atoms with Crippen molar-refractivity contribution in [2.24, 2.45) is 0 Å². The molecule has 3 aromatic rings. The lowest BCUT2D eigenvalue weighted by Crippen LogP contribution is -2.43. The van der Waals surface area contributed by atoms with Crippen molar-refractivity contribution >= 4 is 11.4 Å². The zero-order chi connectivity index (χ0) is 20.4. The number of carbonyl (C=O) groups excluding carboxylic acids is 1. The highest BCUT2D eigenvalue weighted by Gasteiger charge is 2.29. The average molecular weight is 396 g/mol. The SMILES string of the molecule is CCN1CCCC1CN(Cc1ccc(O)cc1)C(=O)c1ncc2c(F)cccn12. The van der Waals surface area contributed by atoms with Crippen molar-refractivity contribution in [3.8, 4) is 5.75 Å². The molecule has 1 aliphatic rings. The predicted molar refractivity (Wildman–Crippen MR) is 108 cm³/mol. The third-order valence-electron chi connectivity index (χ3n) is 5.64. The van der Waals surface area contributed by atoms with Gasteiger partial charge in [0.1, 0.15) is 17.1 Å². The van der Waals surface area contributed by atoms with E-state index in [1.807, 2.05) is 12.1 Å². The lowest BCUT2D eigenvalue weighted by Gasteiger charge is -2.30. The van der Waals surface area contributed by atoms with Crippen molar-refractivity contribution in [2.45, 2.75) is 32.4 Å². The summed E-state index contributed by atoms with van der Waals surface area (Å²) in [7, 11) is 0. The van der Waals surface area contributed by atoms with E-state index < -0.39 is 5.82 Å². The molecule has 1 atom stereocenters. The van der Waals surface area contributed by atoms with E-state index in [1.54, 1.807) is 29.3 Å². The number of phenols is 1. The van der Waals surface area contributed by atoms with Gasteiger partial charge >= 0.3 is 0 Å². The smallest absolute Gasteiger partial charge is 0.290 e. The number of hydrogen-bond donors (Lipinski definition) is 1.